The average Bonchev–Trinajstić information content (AvgIpc) is 2.81. The van der Waals surface area contributed by atoms with Crippen LogP contribution in [0.2, 0.25) is 0 Å². The molecule has 2 heterocycles. The number of rotatable bonds is 2. The third kappa shape index (κ3) is 3.36. The zero-order chi connectivity index (χ0) is 16.0. The molecule has 0 spiro atoms. The van der Waals surface area contributed by atoms with Crippen molar-refractivity contribution >= 4 is 0 Å². The number of aryl methyl sites for hydroxylation is 2. The summed E-state index contributed by atoms with van der Waals surface area (Å²) < 4.78 is 4.16. The largest absolute Gasteiger partial charge is 0.247 e. The van der Waals surface area contributed by atoms with Crippen molar-refractivity contribution in [2.24, 2.45) is 0 Å². The Hall–Kier alpha value is -1.58. The van der Waals surface area contributed by atoms with E-state index in [9.17, 15) is 0 Å². The first-order valence-corrected chi connectivity index (χ1v) is 7.58. The Morgan fingerprint density at radius 1 is 0.762 bits per heavy atom. The predicted octanol–water partition coefficient (Wildman–Crippen LogP) is 3.80. The summed E-state index contributed by atoms with van der Waals surface area (Å²) in [6.45, 7) is 18.1. The summed E-state index contributed by atoms with van der Waals surface area (Å²) in [5, 5.41) is 9.32. The Labute approximate surface area is 128 Å². The molecule has 0 aliphatic heterocycles. The molecule has 21 heavy (non-hydrogen) atoms. The van der Waals surface area contributed by atoms with Crippen LogP contribution in [0.3, 0.4) is 0 Å². The Morgan fingerprint density at radius 2 is 1.10 bits per heavy atom. The zero-order valence-electron chi connectivity index (χ0n) is 14.7. The van der Waals surface area contributed by atoms with Crippen LogP contribution in [0.1, 0.15) is 64.3 Å². The van der Waals surface area contributed by atoms with Crippen molar-refractivity contribution in [2.75, 3.05) is 0 Å². The Kier molecular flexibility index (Phi) is 3.77. The van der Waals surface area contributed by atoms with Gasteiger partial charge in [-0.2, -0.15) is 10.2 Å². The van der Waals surface area contributed by atoms with Crippen molar-refractivity contribution in [3.63, 3.8) is 0 Å². The number of hydrogen-bond donors (Lipinski definition) is 0. The van der Waals surface area contributed by atoms with Crippen LogP contribution in [-0.4, -0.2) is 19.6 Å². The molecule has 0 N–H and O–H groups in total. The summed E-state index contributed by atoms with van der Waals surface area (Å²) in [5.41, 5.74) is 4.75. The molecular formula is C17H28N4. The second-order valence-electron chi connectivity index (χ2n) is 7.98. The molecule has 0 bridgehead atoms. The standard InChI is InChI=1S/C17H28N4/c1-12-9-14(16(3,4)5)20(18-12)11-21-15(17(6,7)8)10-13(2)19-21/h9-10H,11H2,1-8H3. The fraction of sp³-hybridized carbons (Fsp3) is 0.647. The van der Waals surface area contributed by atoms with Crippen molar-refractivity contribution in [3.05, 3.63) is 34.9 Å². The molecule has 2 aromatic rings. The van der Waals surface area contributed by atoms with Gasteiger partial charge in [-0.15, -0.1) is 0 Å². The molecule has 0 aliphatic carbocycles. The second-order valence-corrected chi connectivity index (χ2v) is 7.98. The van der Waals surface area contributed by atoms with Gasteiger partial charge in [-0.3, -0.25) is 0 Å². The van der Waals surface area contributed by atoms with Crippen LogP contribution in [0.15, 0.2) is 12.1 Å². The summed E-state index contributed by atoms with van der Waals surface area (Å²) in [6.07, 6.45) is 0. The Bertz CT molecular complexity index is 577. The SMILES string of the molecule is Cc1cc(C(C)(C)C)n(Cn2nc(C)cc2C(C)(C)C)n1. The third-order valence-corrected chi connectivity index (χ3v) is 3.61. The lowest BCUT2D eigenvalue weighted by Crippen LogP contribution is -2.25. The van der Waals surface area contributed by atoms with Gasteiger partial charge < -0.3 is 0 Å². The first-order chi connectivity index (χ1) is 9.48. The molecule has 2 aromatic heterocycles. The van der Waals surface area contributed by atoms with Crippen molar-refractivity contribution in [1.29, 1.82) is 0 Å². The zero-order valence-corrected chi connectivity index (χ0v) is 14.7. The van der Waals surface area contributed by atoms with E-state index in [1.54, 1.807) is 0 Å². The van der Waals surface area contributed by atoms with Crippen LogP contribution in [0.25, 0.3) is 0 Å². The molecule has 4 heteroatoms. The highest BCUT2D eigenvalue weighted by atomic mass is 15.4. The fourth-order valence-corrected chi connectivity index (χ4v) is 2.64. The van der Waals surface area contributed by atoms with Gasteiger partial charge in [0, 0.05) is 22.2 Å². The monoisotopic (exact) mass is 288 g/mol. The van der Waals surface area contributed by atoms with Gasteiger partial charge >= 0.3 is 0 Å². The molecule has 0 fully saturated rings. The Balaban J connectivity index is 2.45. The van der Waals surface area contributed by atoms with Crippen LogP contribution in [0.4, 0.5) is 0 Å². The van der Waals surface area contributed by atoms with Gasteiger partial charge in [0.2, 0.25) is 0 Å². The van der Waals surface area contributed by atoms with Gasteiger partial charge in [0.1, 0.15) is 6.67 Å². The van der Waals surface area contributed by atoms with Crippen molar-refractivity contribution < 1.29 is 0 Å². The highest BCUT2D eigenvalue weighted by Crippen LogP contribution is 2.26. The molecule has 0 radical (unpaired) electrons. The van der Waals surface area contributed by atoms with Gasteiger partial charge in [0.05, 0.1) is 11.4 Å². The summed E-state index contributed by atoms with van der Waals surface area (Å²) >= 11 is 0. The van der Waals surface area contributed by atoms with Crippen molar-refractivity contribution in [2.45, 2.75) is 72.9 Å². The van der Waals surface area contributed by atoms with E-state index in [0.717, 1.165) is 11.4 Å². The molecule has 0 saturated heterocycles. The van der Waals surface area contributed by atoms with E-state index in [1.807, 2.05) is 13.8 Å². The first-order valence-electron chi connectivity index (χ1n) is 7.58. The summed E-state index contributed by atoms with van der Waals surface area (Å²) in [4.78, 5) is 0. The lowest BCUT2D eigenvalue weighted by atomic mass is 9.91. The summed E-state index contributed by atoms with van der Waals surface area (Å²) in [7, 11) is 0. The first kappa shape index (κ1) is 15.8. The number of nitrogens with zero attached hydrogens (tertiary/aromatic N) is 4. The topological polar surface area (TPSA) is 35.6 Å². The summed E-state index contributed by atoms with van der Waals surface area (Å²) in [5.74, 6) is 0. The van der Waals surface area contributed by atoms with E-state index in [1.165, 1.54) is 11.4 Å². The Morgan fingerprint density at radius 3 is 1.38 bits per heavy atom. The van der Waals surface area contributed by atoms with Gasteiger partial charge in [0.25, 0.3) is 0 Å². The highest BCUT2D eigenvalue weighted by Gasteiger charge is 2.23. The maximum Gasteiger partial charge on any atom is 0.133 e. The van der Waals surface area contributed by atoms with Gasteiger partial charge in [0.15, 0.2) is 0 Å². The van der Waals surface area contributed by atoms with E-state index in [0.29, 0.717) is 6.67 Å². The van der Waals surface area contributed by atoms with Crippen LogP contribution in [0, 0.1) is 13.8 Å². The maximum absolute atomic E-state index is 4.66. The maximum atomic E-state index is 4.66. The molecule has 116 valence electrons. The second kappa shape index (κ2) is 5.00. The van der Waals surface area contributed by atoms with Gasteiger partial charge in [-0.25, -0.2) is 9.36 Å². The summed E-state index contributed by atoms with van der Waals surface area (Å²) in [6, 6.07) is 4.35. The normalized spacial score (nSPS) is 13.0. The van der Waals surface area contributed by atoms with Crippen LogP contribution < -0.4 is 0 Å². The highest BCUT2D eigenvalue weighted by molar-refractivity contribution is 5.19. The minimum absolute atomic E-state index is 0.0748. The molecule has 0 amide bonds. The molecule has 0 unspecified atom stereocenters. The van der Waals surface area contributed by atoms with Crippen molar-refractivity contribution in [1.82, 2.24) is 19.6 Å². The van der Waals surface area contributed by atoms with Crippen LogP contribution in [-0.2, 0) is 17.5 Å². The van der Waals surface area contributed by atoms with E-state index in [2.05, 4.69) is 73.2 Å². The minimum Gasteiger partial charge on any atom is -0.247 e. The van der Waals surface area contributed by atoms with E-state index >= 15 is 0 Å². The third-order valence-electron chi connectivity index (χ3n) is 3.61. The van der Waals surface area contributed by atoms with Crippen LogP contribution in [0.5, 0.6) is 0 Å². The molecule has 0 atom stereocenters. The molecule has 2 rings (SSSR count). The molecule has 0 aromatic carbocycles. The lowest BCUT2D eigenvalue weighted by Gasteiger charge is -2.23. The van der Waals surface area contributed by atoms with Crippen molar-refractivity contribution in [3.8, 4) is 0 Å². The van der Waals surface area contributed by atoms with E-state index in [4.69, 9.17) is 0 Å². The van der Waals surface area contributed by atoms with Crippen LogP contribution >= 0.6 is 0 Å². The number of hydrogen-bond acceptors (Lipinski definition) is 2. The quantitative estimate of drug-likeness (QED) is 0.842. The fourth-order valence-electron chi connectivity index (χ4n) is 2.64. The van der Waals surface area contributed by atoms with Gasteiger partial charge in [-0.1, -0.05) is 41.5 Å². The minimum atomic E-state index is 0.0748. The van der Waals surface area contributed by atoms with E-state index in [-0.39, 0.29) is 10.8 Å². The smallest absolute Gasteiger partial charge is 0.133 e. The number of aromatic nitrogens is 4. The molecule has 4 nitrogen and oxygen atoms in total. The molecule has 0 saturated carbocycles. The van der Waals surface area contributed by atoms with Gasteiger partial charge in [-0.05, 0) is 26.0 Å². The predicted molar refractivity (Wildman–Crippen MR) is 86.7 cm³/mol. The molecular weight excluding hydrogens is 260 g/mol. The average molecular weight is 288 g/mol. The molecule has 0 aliphatic rings. The van der Waals surface area contributed by atoms with E-state index < -0.39 is 0 Å². The lowest BCUT2D eigenvalue weighted by molar-refractivity contribution is 0.406.